The van der Waals surface area contributed by atoms with E-state index < -0.39 is 0 Å². The van der Waals surface area contributed by atoms with Gasteiger partial charge in [-0.05, 0) is 61.1 Å². The highest BCUT2D eigenvalue weighted by Crippen LogP contribution is 2.32. The van der Waals surface area contributed by atoms with Crippen LogP contribution in [0, 0.1) is 5.92 Å². The van der Waals surface area contributed by atoms with Crippen molar-refractivity contribution in [1.82, 2.24) is 9.80 Å². The molecule has 0 N–H and O–H groups in total. The van der Waals surface area contributed by atoms with Crippen molar-refractivity contribution in [3.63, 3.8) is 0 Å². The van der Waals surface area contributed by atoms with Crippen LogP contribution < -0.4 is 9.47 Å². The van der Waals surface area contributed by atoms with Gasteiger partial charge in [0.2, 0.25) is 5.91 Å². The monoisotopic (exact) mass is 422 g/mol. The molecule has 0 spiro atoms. The number of carbonyl (C=O) groups excluding carboxylic acids is 2. The number of carbonyl (C=O) groups is 2. The molecule has 0 unspecified atom stereocenters. The molecule has 0 aliphatic carbocycles. The Bertz CT molecular complexity index is 927. The fourth-order valence-corrected chi connectivity index (χ4v) is 4.89. The van der Waals surface area contributed by atoms with Crippen molar-refractivity contribution in [3.05, 3.63) is 59.7 Å². The average molecular weight is 423 g/mol. The molecule has 2 aliphatic rings. The number of fused-ring (bicyclic) bond motifs is 1. The number of benzene rings is 2. The smallest absolute Gasteiger partial charge is 0.253 e. The van der Waals surface area contributed by atoms with Gasteiger partial charge in [-0.15, -0.1) is 0 Å². The molecular weight excluding hydrogens is 392 g/mol. The first kappa shape index (κ1) is 21.2. The number of para-hydroxylation sites is 1. The van der Waals surface area contributed by atoms with Crippen LogP contribution in [-0.2, 0) is 11.2 Å². The van der Waals surface area contributed by atoms with E-state index in [4.69, 9.17) is 9.47 Å². The van der Waals surface area contributed by atoms with E-state index in [1.54, 1.807) is 14.2 Å². The quantitative estimate of drug-likeness (QED) is 0.716. The molecule has 4 rings (SSSR count). The summed E-state index contributed by atoms with van der Waals surface area (Å²) in [6, 6.07) is 15.4. The summed E-state index contributed by atoms with van der Waals surface area (Å²) >= 11 is 0. The number of ether oxygens (including phenoxy) is 2. The minimum absolute atomic E-state index is 0.0542. The molecule has 6 nitrogen and oxygen atoms in total. The number of hydrogen-bond donors (Lipinski definition) is 0. The van der Waals surface area contributed by atoms with E-state index in [2.05, 4.69) is 11.0 Å². The van der Waals surface area contributed by atoms with E-state index >= 15 is 0 Å². The zero-order valence-corrected chi connectivity index (χ0v) is 18.3. The van der Waals surface area contributed by atoms with E-state index in [-0.39, 0.29) is 17.9 Å². The molecule has 0 saturated carbocycles. The molecule has 0 aromatic heterocycles. The Kier molecular flexibility index (Phi) is 6.44. The Morgan fingerprint density at radius 2 is 1.81 bits per heavy atom. The van der Waals surface area contributed by atoms with Crippen LogP contribution in [0.3, 0.4) is 0 Å². The predicted molar refractivity (Wildman–Crippen MR) is 118 cm³/mol. The van der Waals surface area contributed by atoms with Gasteiger partial charge in [-0.1, -0.05) is 18.2 Å². The van der Waals surface area contributed by atoms with Gasteiger partial charge in [0.05, 0.1) is 14.2 Å². The zero-order valence-electron chi connectivity index (χ0n) is 18.3. The Morgan fingerprint density at radius 3 is 2.55 bits per heavy atom. The average Bonchev–Trinajstić information content (AvgIpc) is 2.83. The molecular formula is C25H30N2O4. The van der Waals surface area contributed by atoms with E-state index in [1.807, 2.05) is 47.4 Å². The fraction of sp³-hybridized carbons (Fsp3) is 0.440. The lowest BCUT2D eigenvalue weighted by Crippen LogP contribution is -2.57. The summed E-state index contributed by atoms with van der Waals surface area (Å²) in [5, 5.41) is 0. The predicted octanol–water partition coefficient (Wildman–Crippen LogP) is 3.40. The van der Waals surface area contributed by atoms with Crippen molar-refractivity contribution < 1.29 is 19.1 Å². The highest BCUT2D eigenvalue weighted by atomic mass is 16.5. The van der Waals surface area contributed by atoms with Crippen LogP contribution in [0.5, 0.6) is 11.5 Å². The molecule has 6 heteroatoms. The fourth-order valence-electron chi connectivity index (χ4n) is 4.89. The summed E-state index contributed by atoms with van der Waals surface area (Å²) in [7, 11) is 3.29. The number of rotatable bonds is 6. The van der Waals surface area contributed by atoms with Crippen LogP contribution >= 0.6 is 0 Å². The van der Waals surface area contributed by atoms with Gasteiger partial charge in [-0.2, -0.15) is 0 Å². The Hall–Kier alpha value is -3.02. The van der Waals surface area contributed by atoms with Crippen LogP contribution in [0.25, 0.3) is 0 Å². The van der Waals surface area contributed by atoms with Gasteiger partial charge < -0.3 is 19.3 Å². The van der Waals surface area contributed by atoms with Crippen LogP contribution in [0.4, 0.5) is 0 Å². The van der Waals surface area contributed by atoms with Crippen molar-refractivity contribution in [3.8, 4) is 11.5 Å². The summed E-state index contributed by atoms with van der Waals surface area (Å²) in [6.45, 7) is 2.06. The number of amides is 2. The second-order valence-corrected chi connectivity index (χ2v) is 8.28. The molecule has 2 aliphatic heterocycles. The normalized spacial score (nSPS) is 20.9. The van der Waals surface area contributed by atoms with Crippen LogP contribution in [0.2, 0.25) is 0 Å². The second kappa shape index (κ2) is 9.41. The van der Waals surface area contributed by atoms with E-state index in [0.717, 1.165) is 36.3 Å². The number of nitrogens with zero attached hydrogens (tertiary/aromatic N) is 2. The number of likely N-dealkylation sites (tertiary alicyclic amines) is 2. The zero-order chi connectivity index (χ0) is 21.8. The molecule has 2 aromatic rings. The maximum atomic E-state index is 13.0. The van der Waals surface area contributed by atoms with Crippen molar-refractivity contribution in [1.29, 1.82) is 0 Å². The summed E-state index contributed by atoms with van der Waals surface area (Å²) in [4.78, 5) is 29.7. The largest absolute Gasteiger partial charge is 0.497 e. The maximum absolute atomic E-state index is 13.0. The molecule has 164 valence electrons. The lowest BCUT2D eigenvalue weighted by atomic mass is 9.83. The summed E-state index contributed by atoms with van der Waals surface area (Å²) in [6.07, 6.45) is 3.00. The third-order valence-electron chi connectivity index (χ3n) is 6.58. The number of methoxy groups -OCH3 is 2. The van der Waals surface area contributed by atoms with Crippen molar-refractivity contribution in [2.24, 2.45) is 5.92 Å². The number of piperidine rings is 2. The molecule has 2 atom stereocenters. The molecule has 31 heavy (non-hydrogen) atoms. The second-order valence-electron chi connectivity index (χ2n) is 8.28. The highest BCUT2D eigenvalue weighted by Gasteiger charge is 2.40. The van der Waals surface area contributed by atoms with Gasteiger partial charge in [-0.3, -0.25) is 9.59 Å². The molecule has 2 saturated heterocycles. The Morgan fingerprint density at radius 1 is 1.03 bits per heavy atom. The lowest BCUT2D eigenvalue weighted by Gasteiger charge is -2.47. The molecule has 0 bridgehead atoms. The molecule has 2 amide bonds. The SMILES string of the molecule is COc1ccc(C(=O)N2CC[C@H]3[C@H](CCC(=O)N3CCc3ccccc3OC)C2)cc1. The summed E-state index contributed by atoms with van der Waals surface area (Å²) in [5.74, 6) is 2.21. The standard InChI is InChI=1S/C25H30N2O4/c1-30-21-10-7-19(8-11-21)25(29)26-15-14-22-20(17-26)9-12-24(28)27(22)16-13-18-5-3-4-6-23(18)31-2/h3-8,10-11,20,22H,9,12-17H2,1-2H3/t20-,22+/m1/s1. The first-order valence-corrected chi connectivity index (χ1v) is 11.0. The summed E-state index contributed by atoms with van der Waals surface area (Å²) in [5.41, 5.74) is 1.80. The lowest BCUT2D eigenvalue weighted by molar-refractivity contribution is -0.140. The maximum Gasteiger partial charge on any atom is 0.253 e. The van der Waals surface area contributed by atoms with E-state index in [0.29, 0.717) is 37.5 Å². The summed E-state index contributed by atoms with van der Waals surface area (Å²) < 4.78 is 10.6. The van der Waals surface area contributed by atoms with Gasteiger partial charge >= 0.3 is 0 Å². The van der Waals surface area contributed by atoms with Gasteiger partial charge in [0.25, 0.3) is 5.91 Å². The first-order chi connectivity index (χ1) is 15.1. The minimum atomic E-state index is 0.0542. The molecule has 2 heterocycles. The van der Waals surface area contributed by atoms with Crippen LogP contribution in [0.15, 0.2) is 48.5 Å². The molecule has 2 fully saturated rings. The van der Waals surface area contributed by atoms with Gasteiger partial charge in [-0.25, -0.2) is 0 Å². The van der Waals surface area contributed by atoms with E-state index in [1.165, 1.54) is 0 Å². The van der Waals surface area contributed by atoms with E-state index in [9.17, 15) is 9.59 Å². The third kappa shape index (κ3) is 4.53. The van der Waals surface area contributed by atoms with Crippen molar-refractivity contribution >= 4 is 11.8 Å². The molecule has 2 aromatic carbocycles. The minimum Gasteiger partial charge on any atom is -0.497 e. The van der Waals surface area contributed by atoms with Gasteiger partial charge in [0.15, 0.2) is 0 Å². The Balaban J connectivity index is 1.41. The third-order valence-corrected chi connectivity index (χ3v) is 6.58. The van der Waals surface area contributed by atoms with Crippen molar-refractivity contribution in [2.45, 2.75) is 31.7 Å². The topological polar surface area (TPSA) is 59.1 Å². The highest BCUT2D eigenvalue weighted by molar-refractivity contribution is 5.94. The van der Waals surface area contributed by atoms with Gasteiger partial charge in [0.1, 0.15) is 11.5 Å². The number of hydrogen-bond acceptors (Lipinski definition) is 4. The van der Waals surface area contributed by atoms with Crippen LogP contribution in [-0.4, -0.2) is 61.5 Å². The van der Waals surface area contributed by atoms with Crippen LogP contribution in [0.1, 0.15) is 35.2 Å². The van der Waals surface area contributed by atoms with Gasteiger partial charge in [0, 0.05) is 37.7 Å². The first-order valence-electron chi connectivity index (χ1n) is 11.0. The molecule has 0 radical (unpaired) electrons. The Labute approximate surface area is 183 Å². The van der Waals surface area contributed by atoms with Crippen molar-refractivity contribution in [2.75, 3.05) is 33.9 Å².